The lowest BCUT2D eigenvalue weighted by molar-refractivity contribution is -0.139. The molecule has 10 nitrogen and oxygen atoms in total. The smallest absolute Gasteiger partial charge is 0.338 e. The number of esters is 2. The van der Waals surface area contributed by atoms with E-state index < -0.39 is 47.5 Å². The van der Waals surface area contributed by atoms with Crippen molar-refractivity contribution in [1.29, 1.82) is 0 Å². The van der Waals surface area contributed by atoms with E-state index in [0.29, 0.717) is 6.54 Å². The summed E-state index contributed by atoms with van der Waals surface area (Å²) in [4.78, 5) is 72.8. The predicted octanol–water partition coefficient (Wildman–Crippen LogP) is 9.92. The van der Waals surface area contributed by atoms with Gasteiger partial charge < -0.3 is 25.4 Å². The summed E-state index contributed by atoms with van der Waals surface area (Å²) in [6, 6.07) is 47.4. The molecule has 0 radical (unpaired) electrons. The first-order chi connectivity index (χ1) is 34.2. The van der Waals surface area contributed by atoms with Crippen molar-refractivity contribution in [2.24, 2.45) is 35.0 Å². The standard InChI is InChI=1S/C60H57N3O7/c64-55(62-45-29-43(58(67)69-34-38-16-6-2-7-17-38)28-44(30-45)59(68)70-35-39-18-8-3-9-19-39)50(27-37-14-4-1-5-15-37)63-57(66)54-52-48-22-12-10-20-46(48)51(47-21-11-13-23-49(47)52)53(54)56(65)61-36-60-31-40-24-41(32-60)26-42(25-40)33-60/h1-23,28-30,40-42,50-54H,24-27,31-36H2,(H,61,65)(H,62,64)(H,63,66)/t40?,41?,42?,50-,51?,52?,53-,54+,60?/m1/s1. The van der Waals surface area contributed by atoms with Gasteiger partial charge in [-0.1, -0.05) is 140 Å². The highest BCUT2D eigenvalue weighted by molar-refractivity contribution is 6.02. The van der Waals surface area contributed by atoms with Gasteiger partial charge in [0, 0.05) is 30.5 Å². The summed E-state index contributed by atoms with van der Waals surface area (Å²) in [5.74, 6) is -2.66. The van der Waals surface area contributed by atoms with Crippen molar-refractivity contribution in [2.75, 3.05) is 11.9 Å². The van der Waals surface area contributed by atoms with Gasteiger partial charge in [-0.2, -0.15) is 0 Å². The molecule has 70 heavy (non-hydrogen) atoms. The number of fused-ring (bicyclic) bond motifs is 1. The van der Waals surface area contributed by atoms with E-state index >= 15 is 9.59 Å². The Hall–Kier alpha value is -7.33. The van der Waals surface area contributed by atoms with Crippen molar-refractivity contribution in [3.05, 3.63) is 208 Å². The molecule has 6 aromatic rings. The Bertz CT molecular complexity index is 2780. The molecule has 354 valence electrons. The van der Waals surface area contributed by atoms with E-state index in [9.17, 15) is 14.4 Å². The Balaban J connectivity index is 0.900. The van der Waals surface area contributed by atoms with Crippen molar-refractivity contribution >= 4 is 35.3 Å². The Morgan fingerprint density at radius 1 is 0.514 bits per heavy atom. The van der Waals surface area contributed by atoms with Crippen molar-refractivity contribution < 1.29 is 33.4 Å². The van der Waals surface area contributed by atoms with Gasteiger partial charge in [-0.3, -0.25) is 14.4 Å². The largest absolute Gasteiger partial charge is 0.457 e. The van der Waals surface area contributed by atoms with Crippen LogP contribution in [0.4, 0.5) is 5.69 Å². The summed E-state index contributed by atoms with van der Waals surface area (Å²) < 4.78 is 11.3. The van der Waals surface area contributed by atoms with Crippen LogP contribution in [0.5, 0.6) is 0 Å². The summed E-state index contributed by atoms with van der Waals surface area (Å²) in [5.41, 5.74) is 6.81. The third kappa shape index (κ3) is 9.15. The molecule has 7 aliphatic carbocycles. The fraction of sp³-hybridized carbons (Fsp3) is 0.317. The SMILES string of the molecule is O=C(OCc1ccccc1)c1cc(NC(=O)[C@@H](Cc2ccccc2)NC(=O)[C@H]2C3c4ccccc4C(c4ccccc43)[C@H]2C(=O)NCC23CC4CC(CC(C4)C2)C3)cc(C(=O)OCc2ccccc2)c1. The summed E-state index contributed by atoms with van der Waals surface area (Å²) in [5, 5.41) is 9.60. The zero-order valence-electron chi connectivity index (χ0n) is 39.1. The van der Waals surface area contributed by atoms with Gasteiger partial charge in [-0.25, -0.2) is 9.59 Å². The zero-order chi connectivity index (χ0) is 47.8. The van der Waals surface area contributed by atoms with E-state index in [1.165, 1.54) is 37.5 Å². The van der Waals surface area contributed by atoms with E-state index in [4.69, 9.17) is 9.47 Å². The molecule has 7 aliphatic rings. The molecule has 4 saturated carbocycles. The second kappa shape index (κ2) is 19.2. The summed E-state index contributed by atoms with van der Waals surface area (Å²) in [6.45, 7) is 0.601. The third-order valence-electron chi connectivity index (χ3n) is 15.9. The Labute approximate surface area is 408 Å². The number of carbonyl (C=O) groups excluding carboxylic acids is 5. The van der Waals surface area contributed by atoms with E-state index in [1.807, 2.05) is 115 Å². The van der Waals surface area contributed by atoms with Gasteiger partial charge in [0.1, 0.15) is 19.3 Å². The first kappa shape index (κ1) is 45.1. The van der Waals surface area contributed by atoms with E-state index in [1.54, 1.807) is 0 Å². The van der Waals surface area contributed by atoms with E-state index in [2.05, 4.69) is 40.2 Å². The number of benzene rings is 6. The van der Waals surface area contributed by atoms with Gasteiger partial charge in [0.2, 0.25) is 17.7 Å². The number of ether oxygens (including phenoxy) is 2. The van der Waals surface area contributed by atoms with Gasteiger partial charge in [-0.05, 0) is 119 Å². The van der Waals surface area contributed by atoms with Gasteiger partial charge in [-0.15, -0.1) is 0 Å². The fourth-order valence-electron chi connectivity index (χ4n) is 13.3. The first-order valence-corrected chi connectivity index (χ1v) is 24.8. The number of amides is 3. The van der Waals surface area contributed by atoms with Crippen LogP contribution in [0.1, 0.15) is 110 Å². The Kier molecular flexibility index (Phi) is 12.4. The normalized spacial score (nSPS) is 24.6. The topological polar surface area (TPSA) is 140 Å². The van der Waals surface area contributed by atoms with E-state index in [-0.39, 0.29) is 53.7 Å². The molecular formula is C60H57N3O7. The van der Waals surface area contributed by atoms with Crippen LogP contribution in [-0.2, 0) is 43.5 Å². The highest BCUT2D eigenvalue weighted by Crippen LogP contribution is 2.61. The molecule has 4 fully saturated rings. The number of carbonyl (C=O) groups is 5. The van der Waals surface area contributed by atoms with Crippen LogP contribution in [-0.4, -0.2) is 42.2 Å². The van der Waals surface area contributed by atoms with Crippen LogP contribution in [0.2, 0.25) is 0 Å². The number of rotatable bonds is 15. The van der Waals surface area contributed by atoms with Gasteiger partial charge in [0.15, 0.2) is 0 Å². The summed E-state index contributed by atoms with van der Waals surface area (Å²) in [7, 11) is 0. The molecule has 0 aromatic heterocycles. The van der Waals surface area contributed by atoms with Gasteiger partial charge >= 0.3 is 11.9 Å². The highest BCUT2D eigenvalue weighted by Gasteiger charge is 2.56. The molecule has 3 N–H and O–H groups in total. The molecule has 0 spiro atoms. The Morgan fingerprint density at radius 2 is 0.929 bits per heavy atom. The number of hydrogen-bond acceptors (Lipinski definition) is 7. The van der Waals surface area contributed by atoms with E-state index in [0.717, 1.165) is 76.0 Å². The summed E-state index contributed by atoms with van der Waals surface area (Å²) in [6.07, 6.45) is 7.50. The minimum absolute atomic E-state index is 0.00548. The molecular weight excluding hydrogens is 875 g/mol. The minimum atomic E-state index is -1.13. The molecule has 0 saturated heterocycles. The number of nitrogens with one attached hydrogen (secondary N) is 3. The quantitative estimate of drug-likeness (QED) is 0.0872. The lowest BCUT2D eigenvalue weighted by Crippen LogP contribution is -2.57. The van der Waals surface area contributed by atoms with Crippen molar-refractivity contribution in [1.82, 2.24) is 10.6 Å². The molecule has 3 atom stereocenters. The molecule has 6 bridgehead atoms. The molecule has 3 amide bonds. The molecule has 10 heteroatoms. The average molecular weight is 932 g/mol. The van der Waals surface area contributed by atoms with Crippen LogP contribution in [0.3, 0.4) is 0 Å². The highest BCUT2D eigenvalue weighted by atomic mass is 16.5. The molecule has 0 unspecified atom stereocenters. The average Bonchev–Trinajstić information content (AvgIpc) is 3.38. The van der Waals surface area contributed by atoms with Crippen LogP contribution in [0, 0.1) is 35.0 Å². The minimum Gasteiger partial charge on any atom is -0.457 e. The molecule has 13 rings (SSSR count). The first-order valence-electron chi connectivity index (χ1n) is 24.8. The molecule has 0 heterocycles. The van der Waals surface area contributed by atoms with Crippen LogP contribution >= 0.6 is 0 Å². The van der Waals surface area contributed by atoms with Crippen molar-refractivity contribution in [3.8, 4) is 0 Å². The monoisotopic (exact) mass is 931 g/mol. The Morgan fingerprint density at radius 3 is 1.39 bits per heavy atom. The zero-order valence-corrected chi connectivity index (χ0v) is 39.1. The maximum atomic E-state index is 15.5. The van der Waals surface area contributed by atoms with Crippen molar-refractivity contribution in [3.63, 3.8) is 0 Å². The fourth-order valence-corrected chi connectivity index (χ4v) is 13.3. The molecule has 6 aromatic carbocycles. The third-order valence-corrected chi connectivity index (χ3v) is 15.9. The number of hydrogen-bond donors (Lipinski definition) is 3. The maximum absolute atomic E-state index is 15.5. The lowest BCUT2D eigenvalue weighted by Gasteiger charge is -2.57. The lowest BCUT2D eigenvalue weighted by atomic mass is 9.49. The van der Waals surface area contributed by atoms with Gasteiger partial charge in [0.05, 0.1) is 23.0 Å². The van der Waals surface area contributed by atoms with Crippen LogP contribution < -0.4 is 16.0 Å². The van der Waals surface area contributed by atoms with Crippen molar-refractivity contribution in [2.45, 2.75) is 76.0 Å². The van der Waals surface area contributed by atoms with Crippen LogP contribution in [0.25, 0.3) is 0 Å². The second-order valence-corrected chi connectivity index (χ2v) is 20.6. The second-order valence-electron chi connectivity index (χ2n) is 20.6. The summed E-state index contributed by atoms with van der Waals surface area (Å²) >= 11 is 0. The predicted molar refractivity (Wildman–Crippen MR) is 265 cm³/mol. The van der Waals surface area contributed by atoms with Gasteiger partial charge in [0.25, 0.3) is 0 Å². The number of anilines is 1. The van der Waals surface area contributed by atoms with Crippen LogP contribution in [0.15, 0.2) is 158 Å². The molecule has 0 aliphatic heterocycles. The maximum Gasteiger partial charge on any atom is 0.338 e.